The summed E-state index contributed by atoms with van der Waals surface area (Å²) in [6.07, 6.45) is 0.255. The standard InChI is InChI=1S/C21H22N2O4S3/c1-13-5-2-3-7-15(13)29-11-21(20(26)27)10-23-18(25)17(19(23)30-12-21)22-16(24)9-14-6-4-8-28-14/h2-8,17,19H,9-12H2,1H3,(H,22,24)(H,26,27)/t17?,19-,21?/m1/s1. The SMILES string of the molecule is Cc1ccccc1SCC1(C(=O)O)CS[C@@H]2C(NC(=O)Cc3cccs3)C(=O)N2C1. The highest BCUT2D eigenvalue weighted by atomic mass is 32.2. The lowest BCUT2D eigenvalue weighted by Crippen LogP contribution is -2.74. The van der Waals surface area contributed by atoms with E-state index in [2.05, 4.69) is 5.32 Å². The Balaban J connectivity index is 1.38. The fourth-order valence-corrected chi connectivity index (χ4v) is 7.23. The molecule has 0 radical (unpaired) electrons. The summed E-state index contributed by atoms with van der Waals surface area (Å²) in [6, 6.07) is 11.1. The van der Waals surface area contributed by atoms with Crippen LogP contribution in [0.1, 0.15) is 10.4 Å². The number of thiophene rings is 1. The van der Waals surface area contributed by atoms with Crippen LogP contribution in [0.25, 0.3) is 0 Å². The molecule has 2 N–H and O–H groups in total. The summed E-state index contributed by atoms with van der Waals surface area (Å²) >= 11 is 4.48. The Labute approximate surface area is 187 Å². The Morgan fingerprint density at radius 2 is 2.10 bits per heavy atom. The Morgan fingerprint density at radius 1 is 1.30 bits per heavy atom. The van der Waals surface area contributed by atoms with Gasteiger partial charge in [0.25, 0.3) is 0 Å². The highest BCUT2D eigenvalue weighted by Crippen LogP contribution is 2.44. The fraction of sp³-hybridized carbons (Fsp3) is 0.381. The summed E-state index contributed by atoms with van der Waals surface area (Å²) in [5, 5.41) is 14.5. The highest BCUT2D eigenvalue weighted by molar-refractivity contribution is 8.00. The molecule has 0 aliphatic carbocycles. The number of carbonyl (C=O) groups excluding carboxylic acids is 2. The molecule has 2 saturated heterocycles. The highest BCUT2D eigenvalue weighted by Gasteiger charge is 2.57. The lowest BCUT2D eigenvalue weighted by molar-refractivity contribution is -0.157. The number of carbonyl (C=O) groups is 3. The van der Waals surface area contributed by atoms with Crippen LogP contribution in [0.15, 0.2) is 46.7 Å². The number of hydrogen-bond acceptors (Lipinski definition) is 6. The molecular formula is C21H22N2O4S3. The molecule has 2 aliphatic rings. The molecule has 6 nitrogen and oxygen atoms in total. The summed E-state index contributed by atoms with van der Waals surface area (Å²) in [5.41, 5.74) is 0.105. The number of carboxylic acids is 1. The van der Waals surface area contributed by atoms with Gasteiger partial charge in [-0.3, -0.25) is 14.4 Å². The third-order valence-corrected chi connectivity index (χ3v) is 9.36. The van der Waals surface area contributed by atoms with Gasteiger partial charge in [0.05, 0.1) is 6.42 Å². The molecule has 2 aromatic rings. The van der Waals surface area contributed by atoms with Gasteiger partial charge in [0, 0.05) is 27.8 Å². The fourth-order valence-electron chi connectivity index (χ4n) is 3.64. The molecule has 3 atom stereocenters. The third kappa shape index (κ3) is 4.10. The number of benzene rings is 1. The van der Waals surface area contributed by atoms with Crippen molar-refractivity contribution in [2.45, 2.75) is 29.7 Å². The molecule has 1 aromatic carbocycles. The number of carboxylic acid groups (broad SMARTS) is 1. The van der Waals surface area contributed by atoms with Crippen LogP contribution in [0.4, 0.5) is 0 Å². The van der Waals surface area contributed by atoms with E-state index in [0.29, 0.717) is 11.5 Å². The van der Waals surface area contributed by atoms with Crippen LogP contribution in [0.2, 0.25) is 0 Å². The van der Waals surface area contributed by atoms with Crippen molar-refractivity contribution < 1.29 is 19.5 Å². The van der Waals surface area contributed by atoms with Crippen molar-refractivity contribution >= 4 is 52.6 Å². The van der Waals surface area contributed by atoms with Crippen molar-refractivity contribution in [2.75, 3.05) is 18.1 Å². The Kier molecular flexibility index (Phi) is 6.13. The minimum absolute atomic E-state index is 0.176. The molecule has 2 unspecified atom stereocenters. The smallest absolute Gasteiger partial charge is 0.313 e. The first kappa shape index (κ1) is 21.3. The molecule has 2 aliphatic heterocycles. The molecule has 2 fully saturated rings. The summed E-state index contributed by atoms with van der Waals surface area (Å²) in [4.78, 5) is 40.7. The first-order valence-electron chi connectivity index (χ1n) is 9.55. The molecule has 0 spiro atoms. The first-order valence-corrected chi connectivity index (χ1v) is 12.5. The van der Waals surface area contributed by atoms with Gasteiger partial charge in [-0.05, 0) is 30.0 Å². The van der Waals surface area contributed by atoms with E-state index in [0.717, 1.165) is 15.3 Å². The van der Waals surface area contributed by atoms with Crippen LogP contribution in [0.3, 0.4) is 0 Å². The number of hydrogen-bond donors (Lipinski definition) is 2. The van der Waals surface area contributed by atoms with E-state index in [1.54, 1.807) is 4.90 Å². The zero-order valence-corrected chi connectivity index (χ0v) is 18.8. The van der Waals surface area contributed by atoms with Gasteiger partial charge in [-0.1, -0.05) is 24.3 Å². The first-order chi connectivity index (χ1) is 14.4. The number of nitrogens with one attached hydrogen (secondary N) is 1. The third-order valence-electron chi connectivity index (χ3n) is 5.43. The Morgan fingerprint density at radius 3 is 2.80 bits per heavy atom. The topological polar surface area (TPSA) is 86.7 Å². The van der Waals surface area contributed by atoms with Crippen molar-refractivity contribution in [3.05, 3.63) is 52.2 Å². The Bertz CT molecular complexity index is 965. The number of nitrogens with zero attached hydrogens (tertiary/aromatic N) is 1. The van der Waals surface area contributed by atoms with E-state index in [1.807, 2.05) is 48.7 Å². The van der Waals surface area contributed by atoms with Gasteiger partial charge < -0.3 is 15.3 Å². The quantitative estimate of drug-likeness (QED) is 0.486. The maximum Gasteiger partial charge on any atom is 0.313 e. The van der Waals surface area contributed by atoms with E-state index in [1.165, 1.54) is 34.9 Å². The van der Waals surface area contributed by atoms with Gasteiger partial charge in [0.2, 0.25) is 11.8 Å². The van der Waals surface area contributed by atoms with Crippen LogP contribution >= 0.6 is 34.9 Å². The van der Waals surface area contributed by atoms with Gasteiger partial charge in [0.15, 0.2) is 0 Å². The minimum Gasteiger partial charge on any atom is -0.481 e. The van der Waals surface area contributed by atoms with Crippen LogP contribution in [-0.4, -0.2) is 57.3 Å². The zero-order chi connectivity index (χ0) is 21.3. The summed E-state index contributed by atoms with van der Waals surface area (Å²) in [7, 11) is 0. The number of aryl methyl sites for hydroxylation is 1. The van der Waals surface area contributed by atoms with Crippen molar-refractivity contribution in [2.24, 2.45) is 5.41 Å². The van der Waals surface area contributed by atoms with Gasteiger partial charge in [0.1, 0.15) is 16.8 Å². The molecule has 30 heavy (non-hydrogen) atoms. The Hall–Kier alpha value is -1.97. The predicted octanol–water partition coefficient (Wildman–Crippen LogP) is 2.86. The zero-order valence-electron chi connectivity index (χ0n) is 16.4. The van der Waals surface area contributed by atoms with E-state index < -0.39 is 17.4 Å². The average Bonchev–Trinajstić information content (AvgIpc) is 3.24. The maximum atomic E-state index is 12.7. The molecule has 3 heterocycles. The number of fused-ring (bicyclic) bond motifs is 1. The molecule has 158 valence electrons. The molecule has 9 heteroatoms. The van der Waals surface area contributed by atoms with Crippen molar-refractivity contribution in [3.8, 4) is 0 Å². The van der Waals surface area contributed by atoms with Crippen LogP contribution in [0, 0.1) is 12.3 Å². The largest absolute Gasteiger partial charge is 0.481 e. The van der Waals surface area contributed by atoms with E-state index in [-0.39, 0.29) is 30.2 Å². The minimum atomic E-state index is -1.00. The normalized spacial score (nSPS) is 25.4. The predicted molar refractivity (Wildman–Crippen MR) is 120 cm³/mol. The molecule has 4 rings (SSSR count). The van der Waals surface area contributed by atoms with Gasteiger partial charge >= 0.3 is 5.97 Å². The lowest BCUT2D eigenvalue weighted by atomic mass is 9.89. The van der Waals surface area contributed by atoms with Crippen LogP contribution in [0.5, 0.6) is 0 Å². The monoisotopic (exact) mass is 462 g/mol. The molecule has 2 amide bonds. The molecule has 0 bridgehead atoms. The van der Waals surface area contributed by atoms with E-state index in [4.69, 9.17) is 0 Å². The van der Waals surface area contributed by atoms with Crippen molar-refractivity contribution in [3.63, 3.8) is 0 Å². The second-order valence-electron chi connectivity index (χ2n) is 7.61. The number of β-lactam (4-membered cyclic amide) rings is 1. The number of amides is 2. The van der Waals surface area contributed by atoms with Gasteiger partial charge in [-0.25, -0.2) is 0 Å². The summed E-state index contributed by atoms with van der Waals surface area (Å²) in [6.45, 7) is 2.18. The van der Waals surface area contributed by atoms with E-state index in [9.17, 15) is 19.5 Å². The molecule has 1 aromatic heterocycles. The molecular weight excluding hydrogens is 440 g/mol. The van der Waals surface area contributed by atoms with Gasteiger partial charge in [-0.2, -0.15) is 0 Å². The van der Waals surface area contributed by atoms with Crippen LogP contribution in [-0.2, 0) is 20.8 Å². The maximum absolute atomic E-state index is 12.7. The second kappa shape index (κ2) is 8.64. The number of thioether (sulfide) groups is 2. The summed E-state index contributed by atoms with van der Waals surface area (Å²) in [5.74, 6) is -0.453. The van der Waals surface area contributed by atoms with Gasteiger partial charge in [-0.15, -0.1) is 34.9 Å². The summed E-state index contributed by atoms with van der Waals surface area (Å²) < 4.78 is 0. The van der Waals surface area contributed by atoms with E-state index >= 15 is 0 Å². The number of aliphatic carboxylic acids is 1. The second-order valence-corrected chi connectivity index (χ2v) is 10.8. The lowest BCUT2D eigenvalue weighted by Gasteiger charge is -2.53. The van der Waals surface area contributed by atoms with Crippen LogP contribution < -0.4 is 5.32 Å². The number of rotatable bonds is 7. The molecule has 0 saturated carbocycles. The van der Waals surface area contributed by atoms with Crippen molar-refractivity contribution in [1.82, 2.24) is 10.2 Å². The van der Waals surface area contributed by atoms with Crippen molar-refractivity contribution in [1.29, 1.82) is 0 Å². The average molecular weight is 463 g/mol.